The van der Waals surface area contributed by atoms with E-state index in [0.29, 0.717) is 24.5 Å². The van der Waals surface area contributed by atoms with Gasteiger partial charge in [-0.25, -0.2) is 13.4 Å². The molecule has 0 atom stereocenters. The van der Waals surface area contributed by atoms with Crippen LogP contribution in [0.25, 0.3) is 0 Å². The molecule has 2 rings (SSSR count). The zero-order valence-electron chi connectivity index (χ0n) is 12.1. The lowest BCUT2D eigenvalue weighted by Gasteiger charge is -2.34. The molecule has 0 aliphatic heterocycles. The second kappa shape index (κ2) is 6.12. The van der Waals surface area contributed by atoms with Gasteiger partial charge in [0.1, 0.15) is 0 Å². The first kappa shape index (κ1) is 15.9. The molecule has 1 aromatic rings. The van der Waals surface area contributed by atoms with Crippen LogP contribution in [0.5, 0.6) is 0 Å². The van der Waals surface area contributed by atoms with E-state index in [-0.39, 0.29) is 11.5 Å². The second-order valence-corrected chi connectivity index (χ2v) is 9.03. The molecule has 0 spiro atoms. The van der Waals surface area contributed by atoms with Crippen LogP contribution >= 0.6 is 11.3 Å². The monoisotopic (exact) mass is 317 g/mol. The minimum atomic E-state index is -3.31. The van der Waals surface area contributed by atoms with Crippen LogP contribution in [0.4, 0.5) is 0 Å². The predicted molar refractivity (Wildman–Crippen MR) is 81.6 cm³/mol. The first-order valence-electron chi connectivity index (χ1n) is 7.18. The SMILES string of the molecule is CCc1nc(CS(=O)(=O)CC2(O)CCC(C)CC2)cs1. The third-order valence-corrected chi connectivity index (χ3v) is 6.72. The summed E-state index contributed by atoms with van der Waals surface area (Å²) in [5.41, 5.74) is -0.422. The largest absolute Gasteiger partial charge is 0.389 e. The Balaban J connectivity index is 2.00. The van der Waals surface area contributed by atoms with Gasteiger partial charge in [0.05, 0.1) is 27.8 Å². The van der Waals surface area contributed by atoms with Crippen molar-refractivity contribution in [1.82, 2.24) is 4.98 Å². The summed E-state index contributed by atoms with van der Waals surface area (Å²) in [6.45, 7) is 4.15. The molecule has 1 saturated carbocycles. The fraction of sp³-hybridized carbons (Fsp3) is 0.786. The van der Waals surface area contributed by atoms with E-state index in [1.807, 2.05) is 12.3 Å². The fourth-order valence-corrected chi connectivity index (χ4v) is 5.37. The van der Waals surface area contributed by atoms with Gasteiger partial charge in [-0.1, -0.05) is 13.8 Å². The molecule has 1 aliphatic rings. The van der Waals surface area contributed by atoms with Gasteiger partial charge in [0, 0.05) is 5.38 Å². The van der Waals surface area contributed by atoms with E-state index in [4.69, 9.17) is 0 Å². The van der Waals surface area contributed by atoms with Gasteiger partial charge in [-0.3, -0.25) is 0 Å². The van der Waals surface area contributed by atoms with Gasteiger partial charge in [0.2, 0.25) is 0 Å². The molecule has 6 heteroatoms. The van der Waals surface area contributed by atoms with E-state index < -0.39 is 15.4 Å². The highest BCUT2D eigenvalue weighted by Gasteiger charge is 2.36. The summed E-state index contributed by atoms with van der Waals surface area (Å²) >= 11 is 1.50. The van der Waals surface area contributed by atoms with Crippen LogP contribution in [0.1, 0.15) is 50.2 Å². The summed E-state index contributed by atoms with van der Waals surface area (Å²) in [6, 6.07) is 0. The molecule has 0 aromatic carbocycles. The summed E-state index contributed by atoms with van der Waals surface area (Å²) in [7, 11) is -3.31. The summed E-state index contributed by atoms with van der Waals surface area (Å²) in [4.78, 5) is 4.30. The minimum absolute atomic E-state index is 0.0542. The molecule has 20 heavy (non-hydrogen) atoms. The van der Waals surface area contributed by atoms with Crippen molar-refractivity contribution in [3.63, 3.8) is 0 Å². The Morgan fingerprint density at radius 2 is 2.10 bits per heavy atom. The Morgan fingerprint density at radius 1 is 1.45 bits per heavy atom. The van der Waals surface area contributed by atoms with E-state index >= 15 is 0 Å². The van der Waals surface area contributed by atoms with Crippen LogP contribution in [0.3, 0.4) is 0 Å². The second-order valence-electron chi connectivity index (χ2n) is 6.03. The van der Waals surface area contributed by atoms with Crippen molar-refractivity contribution in [2.45, 2.75) is 57.3 Å². The molecule has 0 unspecified atom stereocenters. The lowest BCUT2D eigenvalue weighted by Crippen LogP contribution is -2.40. The Kier molecular flexibility index (Phi) is 4.87. The number of nitrogens with zero attached hydrogens (tertiary/aromatic N) is 1. The number of aliphatic hydroxyl groups is 1. The molecular formula is C14H23NO3S2. The number of aryl methyl sites for hydroxylation is 1. The number of hydrogen-bond donors (Lipinski definition) is 1. The smallest absolute Gasteiger partial charge is 0.158 e. The van der Waals surface area contributed by atoms with E-state index in [9.17, 15) is 13.5 Å². The first-order valence-corrected chi connectivity index (χ1v) is 9.88. The van der Waals surface area contributed by atoms with Crippen molar-refractivity contribution in [3.05, 3.63) is 16.1 Å². The maximum absolute atomic E-state index is 12.3. The molecule has 1 aromatic heterocycles. The molecule has 1 fully saturated rings. The predicted octanol–water partition coefficient (Wildman–Crippen LogP) is 2.56. The number of rotatable bonds is 5. The van der Waals surface area contributed by atoms with E-state index in [0.717, 1.165) is 24.3 Å². The maximum atomic E-state index is 12.3. The summed E-state index contributed by atoms with van der Waals surface area (Å²) in [5, 5.41) is 13.2. The van der Waals surface area contributed by atoms with Crippen LogP contribution in [-0.4, -0.2) is 29.9 Å². The average Bonchev–Trinajstić information content (AvgIpc) is 2.79. The number of sulfone groups is 1. The van der Waals surface area contributed by atoms with Crippen LogP contribution in [0, 0.1) is 5.92 Å². The highest BCUT2D eigenvalue weighted by molar-refractivity contribution is 7.90. The number of aromatic nitrogens is 1. The van der Waals surface area contributed by atoms with Gasteiger partial charge in [0.25, 0.3) is 0 Å². The molecule has 1 N–H and O–H groups in total. The van der Waals surface area contributed by atoms with E-state index in [1.165, 1.54) is 11.3 Å². The van der Waals surface area contributed by atoms with Crippen molar-refractivity contribution in [3.8, 4) is 0 Å². The summed E-state index contributed by atoms with van der Waals surface area (Å²) in [5.74, 6) is 0.399. The lowest BCUT2D eigenvalue weighted by atomic mass is 9.81. The van der Waals surface area contributed by atoms with Gasteiger partial charge in [0.15, 0.2) is 9.84 Å². The van der Waals surface area contributed by atoms with Crippen molar-refractivity contribution in [2.75, 3.05) is 5.75 Å². The quantitative estimate of drug-likeness (QED) is 0.906. The highest BCUT2D eigenvalue weighted by Crippen LogP contribution is 2.33. The first-order chi connectivity index (χ1) is 9.32. The standard InChI is InChI=1S/C14H23NO3S2/c1-3-13-15-12(8-19-13)9-20(17,18)10-14(16)6-4-11(2)5-7-14/h8,11,16H,3-7,9-10H2,1-2H3. The molecule has 0 amide bonds. The van der Waals surface area contributed by atoms with Crippen molar-refractivity contribution in [2.24, 2.45) is 5.92 Å². The third-order valence-electron chi connectivity index (χ3n) is 3.96. The molecule has 0 saturated heterocycles. The van der Waals surface area contributed by atoms with Gasteiger partial charge < -0.3 is 5.11 Å². The van der Waals surface area contributed by atoms with Crippen LogP contribution in [0.15, 0.2) is 5.38 Å². The van der Waals surface area contributed by atoms with Gasteiger partial charge in [-0.05, 0) is 38.0 Å². The lowest BCUT2D eigenvalue weighted by molar-refractivity contribution is 0.0135. The Morgan fingerprint density at radius 3 is 2.65 bits per heavy atom. The van der Waals surface area contributed by atoms with Crippen LogP contribution in [0.2, 0.25) is 0 Å². The number of thiazole rings is 1. The fourth-order valence-electron chi connectivity index (χ4n) is 2.71. The Bertz CT molecular complexity index is 543. The molecule has 114 valence electrons. The normalized spacial score (nSPS) is 27.6. The molecule has 4 nitrogen and oxygen atoms in total. The molecule has 0 bridgehead atoms. The van der Waals surface area contributed by atoms with Crippen LogP contribution < -0.4 is 0 Å². The van der Waals surface area contributed by atoms with Gasteiger partial charge in [-0.15, -0.1) is 11.3 Å². The third kappa shape index (κ3) is 4.27. The Hall–Kier alpha value is -0.460. The maximum Gasteiger partial charge on any atom is 0.158 e. The van der Waals surface area contributed by atoms with Crippen molar-refractivity contribution in [1.29, 1.82) is 0 Å². The molecule has 1 heterocycles. The summed E-state index contributed by atoms with van der Waals surface area (Å²) < 4.78 is 24.5. The molecule has 0 radical (unpaired) electrons. The zero-order valence-corrected chi connectivity index (χ0v) is 13.8. The van der Waals surface area contributed by atoms with Crippen molar-refractivity contribution < 1.29 is 13.5 Å². The molecule has 1 aliphatic carbocycles. The minimum Gasteiger partial charge on any atom is -0.389 e. The van der Waals surface area contributed by atoms with Crippen molar-refractivity contribution >= 4 is 21.2 Å². The topological polar surface area (TPSA) is 67.3 Å². The zero-order chi connectivity index (χ0) is 14.8. The highest BCUT2D eigenvalue weighted by atomic mass is 32.2. The number of hydrogen-bond acceptors (Lipinski definition) is 5. The van der Waals surface area contributed by atoms with E-state index in [2.05, 4.69) is 11.9 Å². The average molecular weight is 317 g/mol. The summed E-state index contributed by atoms with van der Waals surface area (Å²) in [6.07, 6.45) is 3.81. The molecular weight excluding hydrogens is 294 g/mol. The van der Waals surface area contributed by atoms with Gasteiger partial charge in [-0.2, -0.15) is 0 Å². The van der Waals surface area contributed by atoms with Crippen LogP contribution in [-0.2, 0) is 22.0 Å². The Labute approximate surface area is 125 Å². The van der Waals surface area contributed by atoms with E-state index in [1.54, 1.807) is 0 Å². The van der Waals surface area contributed by atoms with Gasteiger partial charge >= 0.3 is 0 Å².